The predicted molar refractivity (Wildman–Crippen MR) is 93.3 cm³/mol. The smallest absolute Gasteiger partial charge is 0.278 e. The second-order valence-corrected chi connectivity index (χ2v) is 5.82. The lowest BCUT2D eigenvalue weighted by molar-refractivity contribution is -0.385. The molecule has 0 radical (unpaired) electrons. The zero-order valence-electron chi connectivity index (χ0n) is 13.3. The number of nitrogens with zero attached hydrogens (tertiary/aromatic N) is 2. The molecule has 0 unspecified atom stereocenters. The molecule has 1 saturated heterocycles. The number of benzene rings is 1. The number of hydrogen-bond acceptors (Lipinski definition) is 9. The van der Waals surface area contributed by atoms with Crippen molar-refractivity contribution in [2.24, 2.45) is 5.10 Å². The number of aliphatic hydroxyl groups excluding tert-OH is 4. The number of rotatable bonds is 5. The molecule has 1 aliphatic heterocycles. The highest BCUT2D eigenvalue weighted by Gasteiger charge is 2.43. The van der Waals surface area contributed by atoms with Crippen molar-refractivity contribution in [3.05, 3.63) is 39.9 Å². The molecule has 1 aromatic carbocycles. The third-order valence-corrected chi connectivity index (χ3v) is 3.88. The maximum absolute atomic E-state index is 10.9. The van der Waals surface area contributed by atoms with E-state index in [1.165, 1.54) is 24.4 Å². The normalized spacial score (nSPS) is 28.7. The zero-order chi connectivity index (χ0) is 19.3. The maximum atomic E-state index is 10.9. The fraction of sp³-hybridized carbons (Fsp3) is 0.429. The van der Waals surface area contributed by atoms with Gasteiger partial charge in [-0.1, -0.05) is 12.1 Å². The highest BCUT2D eigenvalue weighted by atomic mass is 32.1. The Morgan fingerprint density at radius 1 is 1.31 bits per heavy atom. The van der Waals surface area contributed by atoms with Crippen molar-refractivity contribution in [2.45, 2.75) is 30.6 Å². The molecule has 0 saturated carbocycles. The van der Waals surface area contributed by atoms with Crippen molar-refractivity contribution in [1.82, 2.24) is 10.7 Å². The lowest BCUT2D eigenvalue weighted by atomic mass is 9.98. The minimum Gasteiger partial charge on any atom is -0.394 e. The van der Waals surface area contributed by atoms with Crippen LogP contribution in [0.1, 0.15) is 5.56 Å². The molecule has 1 aliphatic rings. The number of para-hydroxylation sites is 1. The van der Waals surface area contributed by atoms with E-state index in [0.717, 1.165) is 0 Å². The van der Waals surface area contributed by atoms with Gasteiger partial charge in [0.2, 0.25) is 0 Å². The van der Waals surface area contributed by atoms with Crippen LogP contribution in [-0.2, 0) is 4.74 Å². The van der Waals surface area contributed by atoms with Gasteiger partial charge in [-0.25, -0.2) is 0 Å². The average Bonchev–Trinajstić information content (AvgIpc) is 2.62. The van der Waals surface area contributed by atoms with Gasteiger partial charge in [-0.15, -0.1) is 0 Å². The van der Waals surface area contributed by atoms with Crippen LogP contribution in [0, 0.1) is 10.1 Å². The number of nitro benzene ring substituents is 1. The van der Waals surface area contributed by atoms with E-state index in [1.807, 2.05) is 0 Å². The first kappa shape index (κ1) is 20.1. The summed E-state index contributed by atoms with van der Waals surface area (Å²) >= 11 is 4.96. The van der Waals surface area contributed by atoms with Crippen LogP contribution in [0.15, 0.2) is 29.4 Å². The summed E-state index contributed by atoms with van der Waals surface area (Å²) in [5.41, 5.74) is 2.51. The van der Waals surface area contributed by atoms with Crippen molar-refractivity contribution in [3.8, 4) is 0 Å². The summed E-state index contributed by atoms with van der Waals surface area (Å²) in [6, 6.07) is 5.95. The molecule has 0 aliphatic carbocycles. The summed E-state index contributed by atoms with van der Waals surface area (Å²) in [4.78, 5) is 10.4. The summed E-state index contributed by atoms with van der Waals surface area (Å²) in [5.74, 6) is 0. The van der Waals surface area contributed by atoms with Gasteiger partial charge in [-0.3, -0.25) is 15.5 Å². The predicted octanol–water partition coefficient (Wildman–Crippen LogP) is -1.81. The molecule has 26 heavy (non-hydrogen) atoms. The summed E-state index contributed by atoms with van der Waals surface area (Å²) in [6.07, 6.45) is -5.62. The minimum absolute atomic E-state index is 0.107. The van der Waals surface area contributed by atoms with Gasteiger partial charge in [0, 0.05) is 6.07 Å². The van der Waals surface area contributed by atoms with Gasteiger partial charge >= 0.3 is 0 Å². The van der Waals surface area contributed by atoms with Gasteiger partial charge < -0.3 is 30.5 Å². The first-order chi connectivity index (χ1) is 12.3. The highest BCUT2D eigenvalue weighted by molar-refractivity contribution is 7.80. The van der Waals surface area contributed by atoms with Crippen LogP contribution in [0.2, 0.25) is 0 Å². The fourth-order valence-electron chi connectivity index (χ4n) is 2.31. The van der Waals surface area contributed by atoms with Gasteiger partial charge in [0.15, 0.2) is 11.3 Å². The molecule has 0 amide bonds. The minimum atomic E-state index is -1.54. The quantitative estimate of drug-likeness (QED) is 0.147. The molecule has 1 heterocycles. The third kappa shape index (κ3) is 4.69. The topological polar surface area (TPSA) is 170 Å². The van der Waals surface area contributed by atoms with E-state index in [2.05, 4.69) is 15.8 Å². The molecule has 0 spiro atoms. The maximum Gasteiger partial charge on any atom is 0.278 e. The Labute approximate surface area is 153 Å². The lowest BCUT2D eigenvalue weighted by Crippen LogP contribution is -2.63. The second-order valence-electron chi connectivity index (χ2n) is 5.41. The first-order valence-corrected chi connectivity index (χ1v) is 7.89. The van der Waals surface area contributed by atoms with E-state index in [-0.39, 0.29) is 16.4 Å². The Morgan fingerprint density at radius 3 is 2.65 bits per heavy atom. The number of aliphatic hydroxyl groups is 4. The number of nitro groups is 1. The molecule has 2 rings (SSSR count). The largest absolute Gasteiger partial charge is 0.394 e. The molecular weight excluding hydrogens is 368 g/mol. The van der Waals surface area contributed by atoms with Crippen LogP contribution in [0.25, 0.3) is 0 Å². The van der Waals surface area contributed by atoms with Gasteiger partial charge in [-0.2, -0.15) is 5.10 Å². The SMILES string of the molecule is O=[N+]([O-])c1ccccc1/C=N/NC(=S)N[C@@H]1O[C@H](CO)[C@@H](O)[C@H](O)[C@H]1O. The van der Waals surface area contributed by atoms with Crippen molar-refractivity contribution in [3.63, 3.8) is 0 Å². The van der Waals surface area contributed by atoms with E-state index >= 15 is 0 Å². The van der Waals surface area contributed by atoms with Crippen LogP contribution in [-0.4, -0.2) is 73.9 Å². The van der Waals surface area contributed by atoms with E-state index in [4.69, 9.17) is 22.1 Å². The second kappa shape index (κ2) is 8.93. The Bertz CT molecular complexity index is 687. The van der Waals surface area contributed by atoms with E-state index in [1.54, 1.807) is 6.07 Å². The highest BCUT2D eigenvalue weighted by Crippen LogP contribution is 2.19. The molecule has 142 valence electrons. The number of nitrogens with one attached hydrogen (secondary N) is 2. The van der Waals surface area contributed by atoms with Gasteiger partial charge in [0.25, 0.3) is 5.69 Å². The molecule has 1 aromatic rings. The number of ether oxygens (including phenoxy) is 1. The summed E-state index contributed by atoms with van der Waals surface area (Å²) in [5, 5.41) is 55.5. The number of hydrazone groups is 1. The Balaban J connectivity index is 1.95. The van der Waals surface area contributed by atoms with Crippen LogP contribution in [0.5, 0.6) is 0 Å². The Morgan fingerprint density at radius 2 is 2.00 bits per heavy atom. The van der Waals surface area contributed by atoms with Gasteiger partial charge in [0.1, 0.15) is 24.4 Å². The van der Waals surface area contributed by atoms with Crippen LogP contribution >= 0.6 is 12.2 Å². The zero-order valence-corrected chi connectivity index (χ0v) is 14.1. The fourth-order valence-corrected chi connectivity index (χ4v) is 2.47. The van der Waals surface area contributed by atoms with E-state index in [9.17, 15) is 25.4 Å². The molecular formula is C14H18N4O7S. The summed E-state index contributed by atoms with van der Waals surface area (Å²) in [6.45, 7) is -0.570. The standard InChI is InChI=1S/C14H18N4O7S/c19-6-9-10(20)11(21)12(22)13(25-9)16-14(26)17-15-5-7-3-1-2-4-8(7)18(23)24/h1-5,9-13,19-22H,6H2,(H2,16,17,26)/b15-5+/t9-,10-,11+,12-,13-/m1/s1. The summed E-state index contributed by atoms with van der Waals surface area (Å²) in [7, 11) is 0. The van der Waals surface area contributed by atoms with Crippen LogP contribution in [0.3, 0.4) is 0 Å². The van der Waals surface area contributed by atoms with Gasteiger partial charge in [0.05, 0.1) is 23.3 Å². The molecule has 11 nitrogen and oxygen atoms in total. The number of thiocarbonyl (C=S) groups is 1. The monoisotopic (exact) mass is 386 g/mol. The van der Waals surface area contributed by atoms with E-state index in [0.29, 0.717) is 0 Å². The molecule has 12 heteroatoms. The van der Waals surface area contributed by atoms with Gasteiger partial charge in [-0.05, 0) is 18.3 Å². The summed E-state index contributed by atoms with van der Waals surface area (Å²) < 4.78 is 5.23. The lowest BCUT2D eigenvalue weighted by Gasteiger charge is -2.40. The third-order valence-electron chi connectivity index (χ3n) is 3.67. The number of hydrogen-bond donors (Lipinski definition) is 6. The van der Waals surface area contributed by atoms with E-state index < -0.39 is 42.2 Å². The van der Waals surface area contributed by atoms with Crippen LogP contribution in [0.4, 0.5) is 5.69 Å². The Kier molecular flexibility index (Phi) is 6.90. The first-order valence-electron chi connectivity index (χ1n) is 7.48. The van der Waals surface area contributed by atoms with Crippen LogP contribution < -0.4 is 10.7 Å². The van der Waals surface area contributed by atoms with Crippen molar-refractivity contribution in [1.29, 1.82) is 0 Å². The average molecular weight is 386 g/mol. The molecule has 0 bridgehead atoms. The Hall–Kier alpha value is -2.22. The van der Waals surface area contributed by atoms with Crippen molar-refractivity contribution < 1.29 is 30.1 Å². The van der Waals surface area contributed by atoms with Crippen molar-refractivity contribution in [2.75, 3.05) is 6.61 Å². The molecule has 6 N–H and O–H groups in total. The molecule has 0 aromatic heterocycles. The van der Waals surface area contributed by atoms with Crippen molar-refractivity contribution >= 4 is 29.2 Å². The molecule has 1 fully saturated rings. The molecule has 5 atom stereocenters.